The van der Waals surface area contributed by atoms with E-state index < -0.39 is 5.60 Å². The smallest absolute Gasteiger partial charge is 0.309 e. The maximum atomic E-state index is 11.6. The van der Waals surface area contributed by atoms with E-state index in [-0.39, 0.29) is 30.2 Å². The molecule has 3 atom stereocenters. The summed E-state index contributed by atoms with van der Waals surface area (Å²) < 4.78 is 5.38. The van der Waals surface area contributed by atoms with Crippen LogP contribution >= 0.6 is 0 Å². The summed E-state index contributed by atoms with van der Waals surface area (Å²) in [7, 11) is 0. The van der Waals surface area contributed by atoms with Crippen LogP contribution in [-0.2, 0) is 9.53 Å². The fourth-order valence-corrected chi connectivity index (χ4v) is 3.12. The highest BCUT2D eigenvalue weighted by atomic mass is 16.5. The fourth-order valence-electron chi connectivity index (χ4n) is 3.12. The minimum atomic E-state index is -1.16. The van der Waals surface area contributed by atoms with Gasteiger partial charge in [0.1, 0.15) is 11.9 Å². The molecule has 0 spiro atoms. The van der Waals surface area contributed by atoms with E-state index in [0.29, 0.717) is 6.42 Å². The molecule has 1 heterocycles. The van der Waals surface area contributed by atoms with Crippen molar-refractivity contribution in [3.8, 4) is 5.75 Å². The van der Waals surface area contributed by atoms with Crippen molar-refractivity contribution in [3.63, 3.8) is 0 Å². The zero-order valence-corrected chi connectivity index (χ0v) is 12.4. The van der Waals surface area contributed by atoms with Crippen molar-refractivity contribution in [2.75, 3.05) is 0 Å². The minimum Gasteiger partial charge on any atom is -0.507 e. The van der Waals surface area contributed by atoms with Crippen LogP contribution in [0.15, 0.2) is 12.1 Å². The van der Waals surface area contributed by atoms with Crippen LogP contribution < -0.4 is 0 Å². The van der Waals surface area contributed by atoms with Crippen LogP contribution in [0.4, 0.5) is 0 Å². The van der Waals surface area contributed by atoms with Crippen LogP contribution in [0, 0.1) is 13.8 Å². The van der Waals surface area contributed by atoms with E-state index in [1.54, 1.807) is 6.92 Å². The van der Waals surface area contributed by atoms with Gasteiger partial charge in [-0.1, -0.05) is 19.1 Å². The Hall–Kier alpha value is -1.55. The molecule has 0 aliphatic carbocycles. The topological polar surface area (TPSA) is 66.8 Å². The molecule has 4 nitrogen and oxygen atoms in total. The Morgan fingerprint density at radius 3 is 2.65 bits per heavy atom. The lowest BCUT2D eigenvalue weighted by Gasteiger charge is -2.42. The average Bonchev–Trinajstić information content (AvgIpc) is 2.36. The highest BCUT2D eigenvalue weighted by molar-refractivity contribution is 5.72. The van der Waals surface area contributed by atoms with Crippen LogP contribution in [0.3, 0.4) is 0 Å². The highest BCUT2D eigenvalue weighted by Gasteiger charge is 2.46. The second-order valence-corrected chi connectivity index (χ2v) is 5.89. The lowest BCUT2D eigenvalue weighted by molar-refractivity contribution is -0.173. The Labute approximate surface area is 119 Å². The van der Waals surface area contributed by atoms with E-state index in [0.717, 1.165) is 16.7 Å². The number of esters is 1. The molecule has 0 bridgehead atoms. The van der Waals surface area contributed by atoms with Gasteiger partial charge in [-0.05, 0) is 43.9 Å². The molecule has 1 aliphatic rings. The molecule has 1 fully saturated rings. The molecule has 2 N–H and O–H groups in total. The number of aromatic hydroxyl groups is 1. The summed E-state index contributed by atoms with van der Waals surface area (Å²) in [6, 6.07) is 3.74. The van der Waals surface area contributed by atoms with Crippen LogP contribution in [0.25, 0.3) is 0 Å². The zero-order valence-electron chi connectivity index (χ0n) is 12.4. The summed E-state index contributed by atoms with van der Waals surface area (Å²) in [6.07, 6.45) is 0.232. The van der Waals surface area contributed by atoms with Gasteiger partial charge < -0.3 is 14.9 Å². The Morgan fingerprint density at radius 1 is 1.40 bits per heavy atom. The van der Waals surface area contributed by atoms with Gasteiger partial charge in [-0.15, -0.1) is 0 Å². The van der Waals surface area contributed by atoms with E-state index in [4.69, 9.17) is 4.74 Å². The Morgan fingerprint density at radius 2 is 2.05 bits per heavy atom. The number of aryl methyl sites for hydroxylation is 1. The van der Waals surface area contributed by atoms with Crippen LogP contribution in [0.2, 0.25) is 0 Å². The Bertz CT molecular complexity index is 534. The first-order chi connectivity index (χ1) is 9.27. The SMILES string of the molecule is CCC1OC(=O)CC(C)(O)C1c1ccc(C)c(O)c1C. The first-order valence-corrected chi connectivity index (χ1v) is 6.98. The molecule has 1 aliphatic heterocycles. The molecule has 3 unspecified atom stereocenters. The van der Waals surface area contributed by atoms with Gasteiger partial charge in [0.15, 0.2) is 0 Å². The molecule has 0 amide bonds. The maximum Gasteiger partial charge on any atom is 0.309 e. The third-order valence-corrected chi connectivity index (χ3v) is 4.24. The first-order valence-electron chi connectivity index (χ1n) is 6.98. The third-order valence-electron chi connectivity index (χ3n) is 4.24. The second-order valence-electron chi connectivity index (χ2n) is 5.89. The first kappa shape index (κ1) is 14.9. The molecule has 4 heteroatoms. The molecule has 20 heavy (non-hydrogen) atoms. The summed E-state index contributed by atoms with van der Waals surface area (Å²) in [4.78, 5) is 11.6. The largest absolute Gasteiger partial charge is 0.507 e. The Balaban J connectivity index is 2.53. The van der Waals surface area contributed by atoms with Crippen molar-refractivity contribution >= 4 is 5.97 Å². The molecule has 110 valence electrons. The van der Waals surface area contributed by atoms with Gasteiger partial charge in [0, 0.05) is 0 Å². The quantitative estimate of drug-likeness (QED) is 0.816. The normalized spacial score (nSPS) is 30.1. The van der Waals surface area contributed by atoms with E-state index in [2.05, 4.69) is 0 Å². The minimum absolute atomic E-state index is 0.0256. The number of phenols is 1. The predicted molar refractivity (Wildman–Crippen MR) is 75.7 cm³/mol. The fraction of sp³-hybridized carbons (Fsp3) is 0.562. The molecule has 0 aromatic heterocycles. The molecular weight excluding hydrogens is 256 g/mol. The molecule has 0 saturated carbocycles. The summed E-state index contributed by atoms with van der Waals surface area (Å²) in [6.45, 7) is 7.26. The van der Waals surface area contributed by atoms with E-state index in [9.17, 15) is 15.0 Å². The highest BCUT2D eigenvalue weighted by Crippen LogP contribution is 2.43. The summed E-state index contributed by atoms with van der Waals surface area (Å²) in [5.41, 5.74) is 1.22. The van der Waals surface area contributed by atoms with Gasteiger partial charge in [0.05, 0.1) is 17.9 Å². The lowest BCUT2D eigenvalue weighted by atomic mass is 9.73. The number of carbonyl (C=O) groups excluding carboxylic acids is 1. The van der Waals surface area contributed by atoms with Gasteiger partial charge in [0.25, 0.3) is 0 Å². The van der Waals surface area contributed by atoms with Crippen molar-refractivity contribution in [3.05, 3.63) is 28.8 Å². The van der Waals surface area contributed by atoms with Gasteiger partial charge >= 0.3 is 5.97 Å². The zero-order chi connectivity index (χ0) is 15.1. The molecule has 0 radical (unpaired) electrons. The van der Waals surface area contributed by atoms with E-state index >= 15 is 0 Å². The number of phenolic OH excluding ortho intramolecular Hbond substituents is 1. The summed E-state index contributed by atoms with van der Waals surface area (Å²) >= 11 is 0. The average molecular weight is 278 g/mol. The van der Waals surface area contributed by atoms with Crippen molar-refractivity contribution in [2.45, 2.75) is 58.2 Å². The lowest BCUT2D eigenvalue weighted by Crippen LogP contribution is -2.48. The Kier molecular flexibility index (Phi) is 3.78. The van der Waals surface area contributed by atoms with Crippen LogP contribution in [-0.4, -0.2) is 27.9 Å². The van der Waals surface area contributed by atoms with Crippen LogP contribution in [0.5, 0.6) is 5.75 Å². The second kappa shape index (κ2) is 5.09. The van der Waals surface area contributed by atoms with Crippen molar-refractivity contribution in [1.82, 2.24) is 0 Å². The van der Waals surface area contributed by atoms with E-state index in [1.807, 2.05) is 32.9 Å². The predicted octanol–water partition coefficient (Wildman–Crippen LogP) is 2.57. The summed E-state index contributed by atoms with van der Waals surface area (Å²) in [5, 5.41) is 20.8. The van der Waals surface area contributed by atoms with Crippen molar-refractivity contribution in [2.24, 2.45) is 0 Å². The number of hydrogen-bond acceptors (Lipinski definition) is 4. The molecule has 1 saturated heterocycles. The monoisotopic (exact) mass is 278 g/mol. The van der Waals surface area contributed by atoms with Crippen molar-refractivity contribution in [1.29, 1.82) is 0 Å². The number of ether oxygens (including phenoxy) is 1. The number of hydrogen-bond donors (Lipinski definition) is 2. The summed E-state index contributed by atoms with van der Waals surface area (Å²) in [5.74, 6) is -0.450. The number of benzene rings is 1. The molecule has 1 aromatic rings. The number of carbonyl (C=O) groups is 1. The molecule has 2 rings (SSSR count). The standard InChI is InChI=1S/C16H22O4/c1-5-12-14(16(4,19)8-13(17)20-12)11-7-6-9(2)15(18)10(11)3/h6-7,12,14,18-19H,5,8H2,1-4H3. The van der Waals surface area contributed by atoms with Crippen LogP contribution in [0.1, 0.15) is 49.3 Å². The number of cyclic esters (lactones) is 1. The van der Waals surface area contributed by atoms with Gasteiger partial charge in [-0.25, -0.2) is 0 Å². The van der Waals surface area contributed by atoms with Gasteiger partial charge in [-0.2, -0.15) is 0 Å². The van der Waals surface area contributed by atoms with Gasteiger partial charge in [-0.3, -0.25) is 4.79 Å². The van der Waals surface area contributed by atoms with Crippen molar-refractivity contribution < 1.29 is 19.7 Å². The molecule has 1 aromatic carbocycles. The number of aliphatic hydroxyl groups is 1. The maximum absolute atomic E-state index is 11.6. The molecular formula is C16H22O4. The van der Waals surface area contributed by atoms with E-state index in [1.165, 1.54) is 0 Å². The third kappa shape index (κ3) is 2.40. The number of rotatable bonds is 2. The van der Waals surface area contributed by atoms with Gasteiger partial charge in [0.2, 0.25) is 0 Å².